The van der Waals surface area contributed by atoms with Gasteiger partial charge in [-0.05, 0) is 36.2 Å². The van der Waals surface area contributed by atoms with Crippen molar-refractivity contribution >= 4 is 15.9 Å². The molecule has 2 rings (SSSR count). The molecule has 0 fully saturated rings. The zero-order chi connectivity index (χ0) is 15.4. The number of hydrogen-bond acceptors (Lipinski definition) is 2. The van der Waals surface area contributed by atoms with Crippen molar-refractivity contribution in [1.82, 2.24) is 0 Å². The van der Waals surface area contributed by atoms with Crippen LogP contribution in [0, 0.1) is 11.6 Å². The molecule has 0 aromatic heterocycles. The molecule has 2 atom stereocenters. The van der Waals surface area contributed by atoms with E-state index in [1.165, 1.54) is 6.07 Å². The number of halogens is 3. The largest absolute Gasteiger partial charge is 0.481 e. The molecular weight excluding hydrogens is 340 g/mol. The molecule has 0 heterocycles. The molecule has 2 unspecified atom stereocenters. The van der Waals surface area contributed by atoms with Crippen LogP contribution in [-0.2, 0) is 0 Å². The molecule has 0 amide bonds. The Hall–Kier alpha value is -1.46. The third-order valence-electron chi connectivity index (χ3n) is 3.21. The Morgan fingerprint density at radius 1 is 1.14 bits per heavy atom. The maximum Gasteiger partial charge on any atom is 0.168 e. The summed E-state index contributed by atoms with van der Waals surface area (Å²) in [6.07, 6.45) is 0.173. The normalized spacial score (nSPS) is 13.8. The monoisotopic (exact) mass is 355 g/mol. The van der Waals surface area contributed by atoms with E-state index in [0.717, 1.165) is 22.2 Å². The van der Waals surface area contributed by atoms with E-state index in [1.54, 1.807) is 0 Å². The zero-order valence-electron chi connectivity index (χ0n) is 11.5. The smallest absolute Gasteiger partial charge is 0.168 e. The summed E-state index contributed by atoms with van der Waals surface area (Å²) in [6, 6.07) is 10.4. The topological polar surface area (TPSA) is 35.2 Å². The van der Waals surface area contributed by atoms with Crippen LogP contribution in [0.25, 0.3) is 0 Å². The van der Waals surface area contributed by atoms with Crippen LogP contribution in [0.3, 0.4) is 0 Å². The summed E-state index contributed by atoms with van der Waals surface area (Å²) < 4.78 is 33.3. The van der Waals surface area contributed by atoms with Gasteiger partial charge in [-0.2, -0.15) is 0 Å². The van der Waals surface area contributed by atoms with E-state index < -0.39 is 17.7 Å². The van der Waals surface area contributed by atoms with E-state index in [0.29, 0.717) is 6.42 Å². The highest BCUT2D eigenvalue weighted by atomic mass is 79.9. The number of nitrogens with two attached hydrogens (primary N) is 1. The predicted octanol–water partition coefficient (Wildman–Crippen LogP) is 4.58. The van der Waals surface area contributed by atoms with Gasteiger partial charge in [0.2, 0.25) is 0 Å². The van der Waals surface area contributed by atoms with Gasteiger partial charge in [0, 0.05) is 16.6 Å². The molecule has 0 bridgehead atoms. The SMILES string of the molecule is CCC(N)C(Oc1ccc(F)cc1F)c1ccc(Br)cc1. The Balaban J connectivity index is 2.30. The third kappa shape index (κ3) is 4.02. The van der Waals surface area contributed by atoms with Crippen LogP contribution in [0.5, 0.6) is 5.75 Å². The molecule has 0 spiro atoms. The van der Waals surface area contributed by atoms with Gasteiger partial charge < -0.3 is 10.5 Å². The number of ether oxygens (including phenoxy) is 1. The maximum atomic E-state index is 13.7. The van der Waals surface area contributed by atoms with Crippen LogP contribution in [0.2, 0.25) is 0 Å². The highest BCUT2D eigenvalue weighted by molar-refractivity contribution is 9.10. The van der Waals surface area contributed by atoms with E-state index in [1.807, 2.05) is 31.2 Å². The van der Waals surface area contributed by atoms with Crippen LogP contribution in [0.15, 0.2) is 46.9 Å². The van der Waals surface area contributed by atoms with E-state index in [4.69, 9.17) is 10.5 Å². The van der Waals surface area contributed by atoms with E-state index in [2.05, 4.69) is 15.9 Å². The minimum Gasteiger partial charge on any atom is -0.481 e. The van der Waals surface area contributed by atoms with Gasteiger partial charge in [0.1, 0.15) is 11.9 Å². The molecule has 112 valence electrons. The second-order valence-corrected chi connectivity index (χ2v) is 5.65. The standard InChI is InChI=1S/C16H16BrF2NO/c1-2-14(20)16(10-3-5-11(17)6-4-10)21-15-8-7-12(18)9-13(15)19/h3-9,14,16H,2,20H2,1H3. The first-order valence-corrected chi connectivity index (χ1v) is 7.43. The number of hydrogen-bond donors (Lipinski definition) is 1. The molecule has 0 aliphatic rings. The summed E-state index contributed by atoms with van der Waals surface area (Å²) in [6.45, 7) is 1.93. The Bertz CT molecular complexity index is 604. The zero-order valence-corrected chi connectivity index (χ0v) is 13.1. The molecule has 21 heavy (non-hydrogen) atoms. The lowest BCUT2D eigenvalue weighted by atomic mass is 10.0. The molecule has 2 nitrogen and oxygen atoms in total. The van der Waals surface area contributed by atoms with Gasteiger partial charge in [0.25, 0.3) is 0 Å². The van der Waals surface area contributed by atoms with E-state index in [9.17, 15) is 8.78 Å². The summed E-state index contributed by atoms with van der Waals surface area (Å²) in [5, 5.41) is 0. The van der Waals surface area contributed by atoms with Crippen LogP contribution in [-0.4, -0.2) is 6.04 Å². The summed E-state index contributed by atoms with van der Waals surface area (Å²) in [5.41, 5.74) is 6.93. The second-order valence-electron chi connectivity index (χ2n) is 4.74. The lowest BCUT2D eigenvalue weighted by Crippen LogP contribution is -2.31. The third-order valence-corrected chi connectivity index (χ3v) is 3.74. The highest BCUT2D eigenvalue weighted by Crippen LogP contribution is 2.28. The van der Waals surface area contributed by atoms with Gasteiger partial charge >= 0.3 is 0 Å². The number of rotatable bonds is 5. The fraction of sp³-hybridized carbons (Fsp3) is 0.250. The van der Waals surface area contributed by atoms with Crippen molar-refractivity contribution in [3.63, 3.8) is 0 Å². The van der Waals surface area contributed by atoms with E-state index in [-0.39, 0.29) is 11.8 Å². The first kappa shape index (κ1) is 15.9. The van der Waals surface area contributed by atoms with Crippen molar-refractivity contribution in [2.24, 2.45) is 5.73 Å². The number of benzene rings is 2. The van der Waals surface area contributed by atoms with Crippen molar-refractivity contribution < 1.29 is 13.5 Å². The second kappa shape index (κ2) is 7.00. The quantitative estimate of drug-likeness (QED) is 0.851. The van der Waals surface area contributed by atoms with Gasteiger partial charge in [-0.25, -0.2) is 8.78 Å². The molecule has 2 aromatic carbocycles. The fourth-order valence-corrected chi connectivity index (χ4v) is 2.24. The van der Waals surface area contributed by atoms with Crippen LogP contribution in [0.1, 0.15) is 25.0 Å². The molecule has 0 radical (unpaired) electrons. The minimum absolute atomic E-state index is 0.00628. The molecule has 0 aliphatic carbocycles. The average Bonchev–Trinajstić information content (AvgIpc) is 2.47. The summed E-state index contributed by atoms with van der Waals surface area (Å²) in [7, 11) is 0. The first-order chi connectivity index (χ1) is 10.0. The van der Waals surface area contributed by atoms with Gasteiger partial charge in [0.15, 0.2) is 11.6 Å². The maximum absolute atomic E-state index is 13.7. The first-order valence-electron chi connectivity index (χ1n) is 6.64. The minimum atomic E-state index is -0.736. The lowest BCUT2D eigenvalue weighted by Gasteiger charge is -2.25. The van der Waals surface area contributed by atoms with Gasteiger partial charge in [-0.15, -0.1) is 0 Å². The van der Waals surface area contributed by atoms with Gasteiger partial charge in [-0.1, -0.05) is 35.0 Å². The van der Waals surface area contributed by atoms with Crippen molar-refractivity contribution in [3.8, 4) is 5.75 Å². The van der Waals surface area contributed by atoms with Crippen molar-refractivity contribution in [2.75, 3.05) is 0 Å². The highest BCUT2D eigenvalue weighted by Gasteiger charge is 2.22. The lowest BCUT2D eigenvalue weighted by molar-refractivity contribution is 0.163. The molecule has 0 saturated heterocycles. The van der Waals surface area contributed by atoms with Crippen molar-refractivity contribution in [3.05, 3.63) is 64.1 Å². The average molecular weight is 356 g/mol. The molecule has 0 aliphatic heterocycles. The Kier molecular flexibility index (Phi) is 5.31. The summed E-state index contributed by atoms with van der Waals surface area (Å²) >= 11 is 3.36. The van der Waals surface area contributed by atoms with Gasteiger partial charge in [0.05, 0.1) is 0 Å². The molecule has 2 aromatic rings. The molecule has 2 N–H and O–H groups in total. The molecule has 5 heteroatoms. The van der Waals surface area contributed by atoms with E-state index >= 15 is 0 Å². The Morgan fingerprint density at radius 3 is 2.38 bits per heavy atom. The molecule has 0 saturated carbocycles. The van der Waals surface area contributed by atoms with Crippen molar-refractivity contribution in [2.45, 2.75) is 25.5 Å². The summed E-state index contributed by atoms with van der Waals surface area (Å²) in [5.74, 6) is -1.38. The summed E-state index contributed by atoms with van der Waals surface area (Å²) in [4.78, 5) is 0. The Labute approximate surface area is 131 Å². The predicted molar refractivity (Wildman–Crippen MR) is 82.1 cm³/mol. The van der Waals surface area contributed by atoms with Crippen LogP contribution >= 0.6 is 15.9 Å². The fourth-order valence-electron chi connectivity index (χ4n) is 1.98. The van der Waals surface area contributed by atoms with Crippen LogP contribution < -0.4 is 10.5 Å². The van der Waals surface area contributed by atoms with Gasteiger partial charge in [-0.3, -0.25) is 0 Å². The Morgan fingerprint density at radius 2 is 1.81 bits per heavy atom. The molecular formula is C16H16BrF2NO. The van der Waals surface area contributed by atoms with Crippen LogP contribution in [0.4, 0.5) is 8.78 Å². The van der Waals surface area contributed by atoms with Crippen molar-refractivity contribution in [1.29, 1.82) is 0 Å².